The fourth-order valence-electron chi connectivity index (χ4n) is 2.73. The minimum Gasteiger partial charge on any atom is -0.396 e. The normalized spacial score (nSPS) is 12.9. The Hall–Kier alpha value is -1.90. The smallest absolute Gasteiger partial charge is 0.0449 e. The summed E-state index contributed by atoms with van der Waals surface area (Å²) in [6, 6.07) is 18.6. The zero-order valence-electron chi connectivity index (χ0n) is 10.7. The molecule has 0 fully saturated rings. The Labute approximate surface area is 112 Å². The topological polar surface area (TPSA) is 46.2 Å². The van der Waals surface area contributed by atoms with E-state index in [2.05, 4.69) is 30.3 Å². The van der Waals surface area contributed by atoms with Gasteiger partial charge in [-0.05, 0) is 39.6 Å². The molecule has 3 rings (SSSR count). The highest BCUT2D eigenvalue weighted by Crippen LogP contribution is 2.32. The van der Waals surface area contributed by atoms with Crippen LogP contribution in [-0.4, -0.2) is 11.7 Å². The lowest BCUT2D eigenvalue weighted by Gasteiger charge is -2.17. The maximum Gasteiger partial charge on any atom is 0.0449 e. The minimum absolute atomic E-state index is 0.110. The third-order valence-corrected chi connectivity index (χ3v) is 3.62. The van der Waals surface area contributed by atoms with Crippen LogP contribution in [0.5, 0.6) is 0 Å². The van der Waals surface area contributed by atoms with Gasteiger partial charge in [0.25, 0.3) is 0 Å². The maximum atomic E-state index is 9.16. The molecule has 0 bridgehead atoms. The van der Waals surface area contributed by atoms with Gasteiger partial charge in [-0.3, -0.25) is 0 Å². The molecule has 2 heteroatoms. The molecule has 0 radical (unpaired) electrons. The van der Waals surface area contributed by atoms with Crippen LogP contribution in [0, 0.1) is 0 Å². The first kappa shape index (κ1) is 12.2. The van der Waals surface area contributed by atoms with E-state index in [1.165, 1.54) is 21.5 Å². The van der Waals surface area contributed by atoms with Crippen molar-refractivity contribution in [1.82, 2.24) is 0 Å². The Kier molecular flexibility index (Phi) is 3.20. The van der Waals surface area contributed by atoms with Crippen molar-refractivity contribution in [3.8, 4) is 0 Å². The number of aliphatic hydroxyl groups is 1. The predicted molar refractivity (Wildman–Crippen MR) is 80.1 cm³/mol. The van der Waals surface area contributed by atoms with Gasteiger partial charge in [0.1, 0.15) is 0 Å². The molecular formula is C17H17NO. The predicted octanol–water partition coefficient (Wildman–Crippen LogP) is 3.38. The fraction of sp³-hybridized carbons (Fsp3) is 0.176. The van der Waals surface area contributed by atoms with E-state index in [1.807, 2.05) is 24.3 Å². The van der Waals surface area contributed by atoms with E-state index >= 15 is 0 Å². The zero-order chi connectivity index (χ0) is 13.2. The summed E-state index contributed by atoms with van der Waals surface area (Å²) in [4.78, 5) is 0. The second-order valence-electron chi connectivity index (χ2n) is 4.85. The molecule has 19 heavy (non-hydrogen) atoms. The molecule has 0 aliphatic carbocycles. The summed E-state index contributed by atoms with van der Waals surface area (Å²) in [7, 11) is 0. The first-order valence-corrected chi connectivity index (χ1v) is 6.58. The molecule has 96 valence electrons. The highest BCUT2D eigenvalue weighted by Gasteiger charge is 2.13. The molecule has 0 saturated carbocycles. The summed E-state index contributed by atoms with van der Waals surface area (Å²) in [5.74, 6) is 0. The van der Waals surface area contributed by atoms with E-state index in [4.69, 9.17) is 10.8 Å². The number of fused-ring (bicyclic) bond motifs is 2. The lowest BCUT2D eigenvalue weighted by Crippen LogP contribution is -2.13. The molecule has 3 aromatic rings. The number of aliphatic hydroxyl groups excluding tert-OH is 1. The zero-order valence-corrected chi connectivity index (χ0v) is 10.7. The Morgan fingerprint density at radius 3 is 1.95 bits per heavy atom. The van der Waals surface area contributed by atoms with Crippen molar-refractivity contribution >= 4 is 21.5 Å². The van der Waals surface area contributed by atoms with Crippen LogP contribution in [0.4, 0.5) is 0 Å². The molecule has 3 N–H and O–H groups in total. The van der Waals surface area contributed by atoms with Crippen LogP contribution in [-0.2, 0) is 0 Å². The van der Waals surface area contributed by atoms with Gasteiger partial charge in [-0.2, -0.15) is 0 Å². The summed E-state index contributed by atoms with van der Waals surface area (Å²) in [5, 5.41) is 13.9. The monoisotopic (exact) mass is 251 g/mol. The van der Waals surface area contributed by atoms with E-state index in [0.717, 1.165) is 5.56 Å². The Balaban J connectivity index is 2.39. The quantitative estimate of drug-likeness (QED) is 0.701. The average Bonchev–Trinajstić information content (AvgIpc) is 2.44. The van der Waals surface area contributed by atoms with E-state index < -0.39 is 0 Å². The molecule has 0 spiro atoms. The lowest BCUT2D eigenvalue weighted by molar-refractivity contribution is 0.277. The van der Waals surface area contributed by atoms with Crippen LogP contribution in [0.25, 0.3) is 21.5 Å². The van der Waals surface area contributed by atoms with Crippen molar-refractivity contribution in [1.29, 1.82) is 0 Å². The second kappa shape index (κ2) is 5.00. The van der Waals surface area contributed by atoms with Gasteiger partial charge in [0.05, 0.1) is 0 Å². The lowest BCUT2D eigenvalue weighted by atomic mass is 9.91. The summed E-state index contributed by atoms with van der Waals surface area (Å²) >= 11 is 0. The van der Waals surface area contributed by atoms with Crippen molar-refractivity contribution in [2.45, 2.75) is 12.5 Å². The summed E-state index contributed by atoms with van der Waals surface area (Å²) in [6.45, 7) is 0.110. The van der Waals surface area contributed by atoms with Crippen LogP contribution in [0.15, 0.2) is 54.6 Å². The molecule has 2 nitrogen and oxygen atoms in total. The highest BCUT2D eigenvalue weighted by molar-refractivity contribution is 6.02. The third kappa shape index (κ3) is 2.09. The molecule has 1 atom stereocenters. The van der Waals surface area contributed by atoms with Crippen LogP contribution < -0.4 is 5.73 Å². The van der Waals surface area contributed by atoms with Crippen LogP contribution in [0.1, 0.15) is 18.0 Å². The van der Waals surface area contributed by atoms with Gasteiger partial charge in [0.2, 0.25) is 0 Å². The fourth-order valence-corrected chi connectivity index (χ4v) is 2.73. The number of benzene rings is 3. The molecule has 0 amide bonds. The molecule has 0 aliphatic heterocycles. The largest absolute Gasteiger partial charge is 0.396 e. The van der Waals surface area contributed by atoms with E-state index in [1.54, 1.807) is 0 Å². The summed E-state index contributed by atoms with van der Waals surface area (Å²) in [5.41, 5.74) is 7.42. The standard InChI is InChI=1S/C17H17NO/c18-16(9-10-19)17-14-7-3-1-5-12(14)11-13-6-2-4-8-15(13)17/h1-8,11,16,19H,9-10,18H2/t16-/m0/s1. The van der Waals surface area contributed by atoms with E-state index in [9.17, 15) is 0 Å². The van der Waals surface area contributed by atoms with Gasteiger partial charge in [-0.15, -0.1) is 0 Å². The van der Waals surface area contributed by atoms with Gasteiger partial charge < -0.3 is 10.8 Å². The van der Waals surface area contributed by atoms with Crippen molar-refractivity contribution in [2.75, 3.05) is 6.61 Å². The molecular weight excluding hydrogens is 234 g/mol. The van der Waals surface area contributed by atoms with Crippen molar-refractivity contribution in [3.05, 3.63) is 60.2 Å². The van der Waals surface area contributed by atoms with Crippen molar-refractivity contribution < 1.29 is 5.11 Å². The van der Waals surface area contributed by atoms with Gasteiger partial charge in [0, 0.05) is 12.6 Å². The first-order chi connectivity index (χ1) is 9.31. The third-order valence-electron chi connectivity index (χ3n) is 3.62. The Bertz CT molecular complexity index is 667. The van der Waals surface area contributed by atoms with Gasteiger partial charge in [-0.25, -0.2) is 0 Å². The summed E-state index contributed by atoms with van der Waals surface area (Å²) in [6.07, 6.45) is 0.581. The van der Waals surface area contributed by atoms with E-state index in [-0.39, 0.29) is 12.6 Å². The van der Waals surface area contributed by atoms with Gasteiger partial charge >= 0.3 is 0 Å². The van der Waals surface area contributed by atoms with Crippen LogP contribution in [0.3, 0.4) is 0 Å². The van der Waals surface area contributed by atoms with Crippen molar-refractivity contribution in [2.24, 2.45) is 5.73 Å². The Morgan fingerprint density at radius 2 is 1.42 bits per heavy atom. The SMILES string of the molecule is N[C@@H](CCO)c1c2ccccc2cc2ccccc12. The molecule has 3 aromatic carbocycles. The van der Waals surface area contributed by atoms with Crippen molar-refractivity contribution in [3.63, 3.8) is 0 Å². The summed E-state index contributed by atoms with van der Waals surface area (Å²) < 4.78 is 0. The van der Waals surface area contributed by atoms with Gasteiger partial charge in [-0.1, -0.05) is 48.5 Å². The number of nitrogens with two attached hydrogens (primary N) is 1. The maximum absolute atomic E-state index is 9.16. The molecule has 0 aliphatic rings. The van der Waals surface area contributed by atoms with Crippen LogP contribution >= 0.6 is 0 Å². The minimum atomic E-state index is -0.138. The molecule has 0 saturated heterocycles. The van der Waals surface area contributed by atoms with E-state index in [0.29, 0.717) is 6.42 Å². The van der Waals surface area contributed by atoms with Crippen LogP contribution in [0.2, 0.25) is 0 Å². The Morgan fingerprint density at radius 1 is 0.895 bits per heavy atom. The number of hydrogen-bond donors (Lipinski definition) is 2. The highest BCUT2D eigenvalue weighted by atomic mass is 16.3. The molecule has 0 heterocycles. The number of rotatable bonds is 3. The second-order valence-corrected chi connectivity index (χ2v) is 4.85. The first-order valence-electron chi connectivity index (χ1n) is 6.58. The molecule has 0 unspecified atom stereocenters. The molecule has 0 aromatic heterocycles. The average molecular weight is 251 g/mol. The van der Waals surface area contributed by atoms with Gasteiger partial charge in [0.15, 0.2) is 0 Å². The number of hydrogen-bond acceptors (Lipinski definition) is 2.